The molecule has 1 atom stereocenters. The van der Waals surface area contributed by atoms with E-state index in [-0.39, 0.29) is 0 Å². The minimum atomic E-state index is 0.401. The molecule has 0 radical (unpaired) electrons. The zero-order chi connectivity index (χ0) is 10.7. The molecule has 0 aliphatic carbocycles. The number of ether oxygens (including phenoxy) is 1. The second kappa shape index (κ2) is 5.25. The first-order valence-corrected chi connectivity index (χ1v) is 6.02. The Morgan fingerprint density at radius 1 is 1.27 bits per heavy atom. The molecule has 0 bridgehead atoms. The predicted molar refractivity (Wildman–Crippen MR) is 60.9 cm³/mol. The standard InChI is InChI=1S/C11H23N3O/c1-13-6-7-15-11(8-13)9-14-4-2-10(12)3-5-14/h10-11H,2-9,12H2,1H3. The Kier molecular flexibility index (Phi) is 3.97. The molecule has 88 valence electrons. The summed E-state index contributed by atoms with van der Waals surface area (Å²) in [7, 11) is 2.17. The van der Waals surface area contributed by atoms with E-state index in [0.29, 0.717) is 12.1 Å². The van der Waals surface area contributed by atoms with Crippen LogP contribution >= 0.6 is 0 Å². The molecule has 2 fully saturated rings. The van der Waals surface area contributed by atoms with Crippen LogP contribution in [0.25, 0.3) is 0 Å². The summed E-state index contributed by atoms with van der Waals surface area (Å²) in [6.45, 7) is 6.39. The first-order chi connectivity index (χ1) is 7.24. The first-order valence-electron chi connectivity index (χ1n) is 6.02. The third-order valence-electron chi connectivity index (χ3n) is 3.44. The number of likely N-dealkylation sites (N-methyl/N-ethyl adjacent to an activating group) is 1. The lowest BCUT2D eigenvalue weighted by Crippen LogP contribution is -2.49. The molecular weight excluding hydrogens is 190 g/mol. The lowest BCUT2D eigenvalue weighted by molar-refractivity contribution is -0.0381. The van der Waals surface area contributed by atoms with Crippen molar-refractivity contribution in [2.24, 2.45) is 5.73 Å². The van der Waals surface area contributed by atoms with Crippen molar-refractivity contribution >= 4 is 0 Å². The largest absolute Gasteiger partial charge is 0.374 e. The van der Waals surface area contributed by atoms with Crippen LogP contribution in [0.15, 0.2) is 0 Å². The third-order valence-corrected chi connectivity index (χ3v) is 3.44. The van der Waals surface area contributed by atoms with E-state index in [9.17, 15) is 0 Å². The summed E-state index contributed by atoms with van der Waals surface area (Å²) in [5.41, 5.74) is 5.89. The number of morpholine rings is 1. The molecule has 15 heavy (non-hydrogen) atoms. The van der Waals surface area contributed by atoms with Gasteiger partial charge >= 0.3 is 0 Å². The molecule has 0 aromatic heterocycles. The Balaban J connectivity index is 1.71. The second-order valence-corrected chi connectivity index (χ2v) is 4.89. The van der Waals surface area contributed by atoms with Gasteiger partial charge in [-0.1, -0.05) is 0 Å². The molecule has 0 spiro atoms. The average molecular weight is 213 g/mol. The highest BCUT2D eigenvalue weighted by Gasteiger charge is 2.23. The number of nitrogens with two attached hydrogens (primary N) is 1. The molecule has 1 unspecified atom stereocenters. The highest BCUT2D eigenvalue weighted by atomic mass is 16.5. The fourth-order valence-corrected chi connectivity index (χ4v) is 2.40. The number of hydrogen-bond acceptors (Lipinski definition) is 4. The highest BCUT2D eigenvalue weighted by Crippen LogP contribution is 2.11. The molecule has 2 heterocycles. The number of hydrogen-bond donors (Lipinski definition) is 1. The van der Waals surface area contributed by atoms with Gasteiger partial charge in [-0.3, -0.25) is 0 Å². The lowest BCUT2D eigenvalue weighted by Gasteiger charge is -2.36. The van der Waals surface area contributed by atoms with Gasteiger partial charge in [-0.15, -0.1) is 0 Å². The van der Waals surface area contributed by atoms with Crippen LogP contribution in [-0.4, -0.2) is 68.3 Å². The first kappa shape index (κ1) is 11.3. The normalized spacial score (nSPS) is 32.0. The van der Waals surface area contributed by atoms with Gasteiger partial charge in [0.05, 0.1) is 12.7 Å². The summed E-state index contributed by atoms with van der Waals surface area (Å²) in [5.74, 6) is 0. The van der Waals surface area contributed by atoms with E-state index < -0.39 is 0 Å². The van der Waals surface area contributed by atoms with Crippen LogP contribution in [0.2, 0.25) is 0 Å². The van der Waals surface area contributed by atoms with Crippen molar-refractivity contribution in [3.8, 4) is 0 Å². The SMILES string of the molecule is CN1CCOC(CN2CCC(N)CC2)C1. The monoisotopic (exact) mass is 213 g/mol. The smallest absolute Gasteiger partial charge is 0.0829 e. The summed E-state index contributed by atoms with van der Waals surface area (Å²) in [6, 6.07) is 0.427. The van der Waals surface area contributed by atoms with Crippen LogP contribution in [0.5, 0.6) is 0 Å². The van der Waals surface area contributed by atoms with Crippen LogP contribution in [0.4, 0.5) is 0 Å². The zero-order valence-electron chi connectivity index (χ0n) is 9.69. The van der Waals surface area contributed by atoms with E-state index in [1.54, 1.807) is 0 Å². The van der Waals surface area contributed by atoms with E-state index in [1.165, 1.54) is 0 Å². The maximum absolute atomic E-state index is 5.89. The molecule has 2 aliphatic rings. The number of nitrogens with zero attached hydrogens (tertiary/aromatic N) is 2. The fourth-order valence-electron chi connectivity index (χ4n) is 2.40. The minimum absolute atomic E-state index is 0.401. The summed E-state index contributed by atoms with van der Waals surface area (Å²) < 4.78 is 5.76. The van der Waals surface area contributed by atoms with Gasteiger partial charge in [0, 0.05) is 25.7 Å². The van der Waals surface area contributed by atoms with Gasteiger partial charge in [-0.05, 0) is 33.0 Å². The van der Waals surface area contributed by atoms with Crippen LogP contribution < -0.4 is 5.73 Å². The van der Waals surface area contributed by atoms with Crippen molar-refractivity contribution in [1.82, 2.24) is 9.80 Å². The molecule has 2 aliphatic heterocycles. The Bertz CT molecular complexity index is 192. The second-order valence-electron chi connectivity index (χ2n) is 4.89. The Hall–Kier alpha value is -0.160. The topological polar surface area (TPSA) is 41.7 Å². The van der Waals surface area contributed by atoms with Crippen LogP contribution in [0.3, 0.4) is 0 Å². The molecule has 0 aromatic rings. The fraction of sp³-hybridized carbons (Fsp3) is 1.00. The average Bonchev–Trinajstić information content (AvgIpc) is 2.22. The molecule has 2 rings (SSSR count). The molecule has 0 saturated carbocycles. The van der Waals surface area contributed by atoms with Crippen molar-refractivity contribution in [3.05, 3.63) is 0 Å². The van der Waals surface area contributed by atoms with Crippen molar-refractivity contribution in [3.63, 3.8) is 0 Å². The summed E-state index contributed by atoms with van der Waals surface area (Å²) in [6.07, 6.45) is 2.68. The molecular formula is C11H23N3O. The van der Waals surface area contributed by atoms with E-state index in [4.69, 9.17) is 10.5 Å². The van der Waals surface area contributed by atoms with E-state index >= 15 is 0 Å². The Morgan fingerprint density at radius 2 is 2.00 bits per heavy atom. The van der Waals surface area contributed by atoms with Gasteiger partial charge in [0.1, 0.15) is 0 Å². The number of piperidine rings is 1. The third kappa shape index (κ3) is 3.41. The molecule has 0 amide bonds. The van der Waals surface area contributed by atoms with Gasteiger partial charge in [-0.25, -0.2) is 0 Å². The van der Waals surface area contributed by atoms with Gasteiger partial charge < -0.3 is 20.3 Å². The van der Waals surface area contributed by atoms with Gasteiger partial charge in [0.15, 0.2) is 0 Å². The van der Waals surface area contributed by atoms with Crippen molar-refractivity contribution in [1.29, 1.82) is 0 Å². The molecule has 4 nitrogen and oxygen atoms in total. The maximum atomic E-state index is 5.89. The molecule has 2 N–H and O–H groups in total. The van der Waals surface area contributed by atoms with Crippen LogP contribution in [0.1, 0.15) is 12.8 Å². The van der Waals surface area contributed by atoms with E-state index in [2.05, 4.69) is 16.8 Å². The van der Waals surface area contributed by atoms with Gasteiger partial charge in [-0.2, -0.15) is 0 Å². The molecule has 4 heteroatoms. The van der Waals surface area contributed by atoms with Crippen molar-refractivity contribution in [2.75, 3.05) is 46.4 Å². The summed E-state index contributed by atoms with van der Waals surface area (Å²) >= 11 is 0. The predicted octanol–water partition coefficient (Wildman–Crippen LogP) is -0.260. The number of likely N-dealkylation sites (tertiary alicyclic amines) is 1. The quantitative estimate of drug-likeness (QED) is 0.686. The summed E-state index contributed by atoms with van der Waals surface area (Å²) in [4.78, 5) is 4.84. The Labute approximate surface area is 92.4 Å². The Morgan fingerprint density at radius 3 is 2.67 bits per heavy atom. The van der Waals surface area contributed by atoms with Gasteiger partial charge in [0.25, 0.3) is 0 Å². The van der Waals surface area contributed by atoms with Crippen molar-refractivity contribution < 1.29 is 4.74 Å². The molecule has 2 saturated heterocycles. The van der Waals surface area contributed by atoms with Crippen LogP contribution in [-0.2, 0) is 4.74 Å². The highest BCUT2D eigenvalue weighted by molar-refractivity contribution is 4.78. The minimum Gasteiger partial charge on any atom is -0.374 e. The van der Waals surface area contributed by atoms with Crippen LogP contribution in [0, 0.1) is 0 Å². The van der Waals surface area contributed by atoms with Crippen molar-refractivity contribution in [2.45, 2.75) is 25.0 Å². The van der Waals surface area contributed by atoms with E-state index in [0.717, 1.165) is 52.2 Å². The van der Waals surface area contributed by atoms with Gasteiger partial charge in [0.2, 0.25) is 0 Å². The number of rotatable bonds is 2. The zero-order valence-corrected chi connectivity index (χ0v) is 9.69. The lowest BCUT2D eigenvalue weighted by atomic mass is 10.1. The molecule has 0 aromatic carbocycles. The maximum Gasteiger partial charge on any atom is 0.0829 e. The summed E-state index contributed by atoms with van der Waals surface area (Å²) in [5, 5.41) is 0. The van der Waals surface area contributed by atoms with E-state index in [1.807, 2.05) is 0 Å².